The van der Waals surface area contributed by atoms with Crippen LogP contribution in [0.1, 0.15) is 34.0 Å². The van der Waals surface area contributed by atoms with Gasteiger partial charge < -0.3 is 24.7 Å². The number of fused-ring (bicyclic) bond motifs is 3. The van der Waals surface area contributed by atoms with E-state index in [1.54, 1.807) is 7.11 Å². The Kier molecular flexibility index (Phi) is 5.52. The molecule has 5 nitrogen and oxygen atoms in total. The van der Waals surface area contributed by atoms with Gasteiger partial charge in [0.25, 0.3) is 0 Å². The lowest BCUT2D eigenvalue weighted by Gasteiger charge is -2.25. The van der Waals surface area contributed by atoms with Crippen molar-refractivity contribution in [2.24, 2.45) is 0 Å². The highest BCUT2D eigenvalue weighted by atomic mass is 16.5. The van der Waals surface area contributed by atoms with Crippen molar-refractivity contribution < 1.29 is 9.47 Å². The summed E-state index contributed by atoms with van der Waals surface area (Å²) in [5.74, 6) is 1.57. The van der Waals surface area contributed by atoms with Gasteiger partial charge in [0.15, 0.2) is 11.5 Å². The zero-order chi connectivity index (χ0) is 20.5. The molecule has 0 fully saturated rings. The number of benzene rings is 2. The molecule has 0 aliphatic carbocycles. The molecule has 2 N–H and O–H groups in total. The molecule has 0 saturated heterocycles. The predicted molar refractivity (Wildman–Crippen MR) is 118 cm³/mol. The Hall–Kier alpha value is -2.50. The zero-order valence-electron chi connectivity index (χ0n) is 18.1. The second-order valence-corrected chi connectivity index (χ2v) is 8.22. The fourth-order valence-corrected chi connectivity index (χ4v) is 4.29. The molecule has 0 amide bonds. The molecule has 2 heterocycles. The maximum absolute atomic E-state index is 5.93. The summed E-state index contributed by atoms with van der Waals surface area (Å²) in [7, 11) is 5.78. The molecule has 0 radical (unpaired) electrons. The third kappa shape index (κ3) is 3.85. The van der Waals surface area contributed by atoms with Crippen LogP contribution in [0.3, 0.4) is 0 Å². The van der Waals surface area contributed by atoms with Crippen LogP contribution in [-0.2, 0) is 6.42 Å². The summed E-state index contributed by atoms with van der Waals surface area (Å²) in [5, 5.41) is 5.04. The van der Waals surface area contributed by atoms with Gasteiger partial charge in [-0.15, -0.1) is 0 Å². The van der Waals surface area contributed by atoms with E-state index in [1.165, 1.54) is 38.9 Å². The number of aryl methyl sites for hydroxylation is 2. The average Bonchev–Trinajstić information content (AvgIpc) is 3.07. The Morgan fingerprint density at radius 2 is 1.93 bits per heavy atom. The molecule has 1 atom stereocenters. The van der Waals surface area contributed by atoms with E-state index < -0.39 is 0 Å². The van der Waals surface area contributed by atoms with Gasteiger partial charge in [0.2, 0.25) is 0 Å². The van der Waals surface area contributed by atoms with Gasteiger partial charge in [0.1, 0.15) is 6.61 Å². The van der Waals surface area contributed by atoms with Crippen LogP contribution < -0.4 is 14.8 Å². The van der Waals surface area contributed by atoms with Gasteiger partial charge in [0, 0.05) is 29.7 Å². The molecule has 0 bridgehead atoms. The minimum absolute atomic E-state index is 0.121. The first-order chi connectivity index (χ1) is 14.0. The fraction of sp³-hybridized carbons (Fsp3) is 0.417. The third-order valence-corrected chi connectivity index (χ3v) is 5.72. The number of likely N-dealkylation sites (N-methyl/N-ethyl adjacent to an activating group) is 1. The first-order valence-electron chi connectivity index (χ1n) is 10.3. The van der Waals surface area contributed by atoms with E-state index in [0.717, 1.165) is 31.0 Å². The topological polar surface area (TPSA) is 49.5 Å². The number of aromatic nitrogens is 1. The molecule has 3 aromatic rings. The molecule has 4 rings (SSSR count). The number of hydrogen-bond donors (Lipinski definition) is 2. The van der Waals surface area contributed by atoms with Crippen molar-refractivity contribution in [1.29, 1.82) is 0 Å². The van der Waals surface area contributed by atoms with Gasteiger partial charge in [-0.05, 0) is 69.3 Å². The normalized spacial score (nSPS) is 16.3. The molecule has 5 heteroatoms. The van der Waals surface area contributed by atoms with Gasteiger partial charge in [0.05, 0.1) is 13.2 Å². The summed E-state index contributed by atoms with van der Waals surface area (Å²) < 4.78 is 11.6. The lowest BCUT2D eigenvalue weighted by molar-refractivity contribution is 0.250. The molecule has 1 unspecified atom stereocenters. The molecule has 0 spiro atoms. The van der Waals surface area contributed by atoms with E-state index in [0.29, 0.717) is 6.61 Å². The number of aromatic amines is 1. The minimum atomic E-state index is 0.121. The van der Waals surface area contributed by atoms with Crippen molar-refractivity contribution >= 4 is 10.9 Å². The quantitative estimate of drug-likeness (QED) is 0.665. The summed E-state index contributed by atoms with van der Waals surface area (Å²) in [6, 6.07) is 10.9. The van der Waals surface area contributed by atoms with E-state index in [2.05, 4.69) is 53.3 Å². The number of methoxy groups -OCH3 is 1. The zero-order valence-corrected chi connectivity index (χ0v) is 18.1. The molecule has 1 aliphatic rings. The summed E-state index contributed by atoms with van der Waals surface area (Å²) in [5.41, 5.74) is 7.75. The van der Waals surface area contributed by atoms with Crippen molar-refractivity contribution in [1.82, 2.24) is 15.2 Å². The van der Waals surface area contributed by atoms with Crippen LogP contribution in [0.15, 0.2) is 30.3 Å². The van der Waals surface area contributed by atoms with Crippen molar-refractivity contribution in [3.05, 3.63) is 58.3 Å². The van der Waals surface area contributed by atoms with Gasteiger partial charge in [-0.3, -0.25) is 0 Å². The van der Waals surface area contributed by atoms with Crippen molar-refractivity contribution in [3.63, 3.8) is 0 Å². The Morgan fingerprint density at radius 1 is 1.10 bits per heavy atom. The maximum atomic E-state index is 5.93. The smallest absolute Gasteiger partial charge is 0.161 e. The molecule has 0 saturated carbocycles. The van der Waals surface area contributed by atoms with Crippen LogP contribution >= 0.6 is 0 Å². The number of nitrogens with one attached hydrogen (secondary N) is 2. The number of hydrogen-bond acceptors (Lipinski definition) is 4. The molecule has 2 aromatic carbocycles. The van der Waals surface area contributed by atoms with Crippen LogP contribution in [0.4, 0.5) is 0 Å². The predicted octanol–water partition coefficient (Wildman–Crippen LogP) is 3.97. The highest BCUT2D eigenvalue weighted by molar-refractivity contribution is 5.88. The van der Waals surface area contributed by atoms with Gasteiger partial charge in [-0.2, -0.15) is 0 Å². The minimum Gasteiger partial charge on any atom is -0.493 e. The summed E-state index contributed by atoms with van der Waals surface area (Å²) >= 11 is 0. The summed E-state index contributed by atoms with van der Waals surface area (Å²) in [6.45, 7) is 6.81. The van der Waals surface area contributed by atoms with E-state index in [-0.39, 0.29) is 6.04 Å². The van der Waals surface area contributed by atoms with E-state index in [4.69, 9.17) is 9.47 Å². The lowest BCUT2D eigenvalue weighted by Crippen LogP contribution is -2.30. The Bertz CT molecular complexity index is 1020. The standard InChI is InChI=1S/C24H31N3O2/c1-15-12-16(2)22-19(13-15)18-8-9-25-23(24(18)26-22)17-6-7-20(21(14-17)28-5)29-11-10-27(3)4/h6-7,12-14,23,25-26H,8-11H2,1-5H3. The first-order valence-corrected chi connectivity index (χ1v) is 10.3. The van der Waals surface area contributed by atoms with E-state index in [9.17, 15) is 0 Å². The average molecular weight is 394 g/mol. The molecule has 154 valence electrons. The Balaban J connectivity index is 1.69. The molecule has 1 aliphatic heterocycles. The van der Waals surface area contributed by atoms with Crippen LogP contribution in [0, 0.1) is 13.8 Å². The second-order valence-electron chi connectivity index (χ2n) is 8.22. The fourth-order valence-electron chi connectivity index (χ4n) is 4.29. The van der Waals surface area contributed by atoms with Crippen LogP contribution in [-0.4, -0.2) is 50.8 Å². The summed E-state index contributed by atoms with van der Waals surface area (Å²) in [6.07, 6.45) is 1.04. The largest absolute Gasteiger partial charge is 0.493 e. The summed E-state index contributed by atoms with van der Waals surface area (Å²) in [4.78, 5) is 5.82. The van der Waals surface area contributed by atoms with E-state index >= 15 is 0 Å². The van der Waals surface area contributed by atoms with Gasteiger partial charge in [-0.25, -0.2) is 0 Å². The monoisotopic (exact) mass is 393 g/mol. The number of rotatable bonds is 6. The maximum Gasteiger partial charge on any atom is 0.161 e. The highest BCUT2D eigenvalue weighted by Crippen LogP contribution is 2.38. The molecule has 29 heavy (non-hydrogen) atoms. The SMILES string of the molecule is COc1cc(C2NCCc3c2[nH]c2c(C)cc(C)cc32)ccc1OCCN(C)C. The Labute approximate surface area is 173 Å². The molecular weight excluding hydrogens is 362 g/mol. The Morgan fingerprint density at radius 3 is 2.69 bits per heavy atom. The first kappa shape index (κ1) is 19.8. The lowest BCUT2D eigenvalue weighted by atomic mass is 9.93. The van der Waals surface area contributed by atoms with E-state index in [1.807, 2.05) is 20.2 Å². The van der Waals surface area contributed by atoms with Crippen molar-refractivity contribution in [3.8, 4) is 11.5 Å². The second kappa shape index (κ2) is 8.09. The third-order valence-electron chi connectivity index (χ3n) is 5.72. The van der Waals surface area contributed by atoms with Crippen molar-refractivity contribution in [2.75, 3.05) is 40.9 Å². The number of ether oxygens (including phenoxy) is 2. The van der Waals surface area contributed by atoms with Crippen LogP contribution in [0.25, 0.3) is 10.9 Å². The highest BCUT2D eigenvalue weighted by Gasteiger charge is 2.26. The molecule has 1 aromatic heterocycles. The molecular formula is C24H31N3O2. The van der Waals surface area contributed by atoms with Gasteiger partial charge in [-0.1, -0.05) is 17.7 Å². The van der Waals surface area contributed by atoms with Gasteiger partial charge >= 0.3 is 0 Å². The van der Waals surface area contributed by atoms with Crippen LogP contribution in [0.2, 0.25) is 0 Å². The number of H-pyrrole nitrogens is 1. The van der Waals surface area contributed by atoms with Crippen molar-refractivity contribution in [2.45, 2.75) is 26.3 Å². The van der Waals surface area contributed by atoms with Crippen LogP contribution in [0.5, 0.6) is 11.5 Å². The number of nitrogens with zero attached hydrogens (tertiary/aromatic N) is 1.